The first-order valence-electron chi connectivity index (χ1n) is 12.8. The molecule has 0 fully saturated rings. The van der Waals surface area contributed by atoms with Crippen molar-refractivity contribution < 1.29 is 36.9 Å². The summed E-state index contributed by atoms with van der Waals surface area (Å²) in [5.74, 6) is -1.26. The maximum absolute atomic E-state index is 14.6. The number of alkyl halides is 3. The molecular formula is C30H26ClF4N3O4. The average Bonchev–Trinajstić information content (AvgIpc) is 3.25. The van der Waals surface area contributed by atoms with E-state index in [9.17, 15) is 27.5 Å². The molecule has 12 heteroatoms. The van der Waals surface area contributed by atoms with Gasteiger partial charge in [0.15, 0.2) is 0 Å². The van der Waals surface area contributed by atoms with Crippen LogP contribution in [-0.4, -0.2) is 47.4 Å². The maximum atomic E-state index is 14.6. The van der Waals surface area contributed by atoms with Crippen LogP contribution in [-0.2, 0) is 11.0 Å². The fourth-order valence-electron chi connectivity index (χ4n) is 4.82. The van der Waals surface area contributed by atoms with Crippen molar-refractivity contribution in [3.8, 4) is 22.8 Å². The van der Waals surface area contributed by atoms with Crippen LogP contribution in [0.1, 0.15) is 41.0 Å². The Bertz CT molecular complexity index is 1730. The molecule has 1 atom stereocenters. The lowest BCUT2D eigenvalue weighted by Crippen LogP contribution is -2.51. The molecule has 1 amide bonds. The van der Waals surface area contributed by atoms with Gasteiger partial charge in [0, 0.05) is 33.7 Å². The molecule has 0 spiro atoms. The molecule has 42 heavy (non-hydrogen) atoms. The van der Waals surface area contributed by atoms with E-state index in [1.165, 1.54) is 31.4 Å². The minimum atomic E-state index is -5.27. The molecule has 2 N–H and O–H groups in total. The second kappa shape index (κ2) is 10.4. The lowest BCUT2D eigenvalue weighted by molar-refractivity contribution is -0.265. The fraction of sp³-hybridized carbons (Fsp3) is 0.300. The number of hydrogen-bond donors (Lipinski definition) is 2. The van der Waals surface area contributed by atoms with Crippen molar-refractivity contribution >= 4 is 28.4 Å². The minimum absolute atomic E-state index is 0.00467. The van der Waals surface area contributed by atoms with E-state index in [0.717, 1.165) is 17.7 Å². The molecule has 7 nitrogen and oxygen atoms in total. The molecule has 0 radical (unpaired) electrons. The number of halogens is 5. The molecule has 220 valence electrons. The number of fused-ring (bicyclic) bond motifs is 2. The number of aryl methyl sites for hydroxylation is 1. The third-order valence-electron chi connectivity index (χ3n) is 7.24. The standard InChI is InChI=1S/C30H26ClF4N3O4/c1-15-7-17-8-18(10-22(41-4)24(17)36-12-15)27(39)37-13-29(40,30(33,34)35)23-11-19-26(42-14-28(19,2)3)25(38-23)16-5-6-20(31)21(32)9-16/h5-12,40H,13-14H2,1-4H3,(H,37,39)/t29-/m0/s1. The van der Waals surface area contributed by atoms with E-state index in [4.69, 9.17) is 21.1 Å². The second-order valence-corrected chi connectivity index (χ2v) is 11.2. The molecule has 1 aliphatic rings. The summed E-state index contributed by atoms with van der Waals surface area (Å²) in [6.45, 7) is 4.18. The summed E-state index contributed by atoms with van der Waals surface area (Å²) in [5, 5.41) is 13.8. The van der Waals surface area contributed by atoms with Crippen molar-refractivity contribution in [3.63, 3.8) is 0 Å². The van der Waals surface area contributed by atoms with Crippen LogP contribution >= 0.6 is 11.6 Å². The molecule has 0 saturated heterocycles. The van der Waals surface area contributed by atoms with Crippen LogP contribution in [0.15, 0.2) is 48.7 Å². The Labute approximate surface area is 243 Å². The molecule has 2 aromatic heterocycles. The largest absolute Gasteiger partial charge is 0.494 e. The Morgan fingerprint density at radius 1 is 1.19 bits per heavy atom. The van der Waals surface area contributed by atoms with E-state index in [2.05, 4.69) is 15.3 Å². The first-order valence-corrected chi connectivity index (χ1v) is 13.2. The zero-order valence-electron chi connectivity index (χ0n) is 23.0. The van der Waals surface area contributed by atoms with E-state index < -0.39 is 41.2 Å². The number of amides is 1. The van der Waals surface area contributed by atoms with Gasteiger partial charge in [-0.2, -0.15) is 13.2 Å². The highest BCUT2D eigenvalue weighted by Crippen LogP contribution is 2.47. The lowest BCUT2D eigenvalue weighted by Gasteiger charge is -2.31. The first kappa shape index (κ1) is 29.5. The Balaban J connectivity index is 1.57. The number of hydrogen-bond acceptors (Lipinski definition) is 6. The van der Waals surface area contributed by atoms with E-state index in [1.54, 1.807) is 33.0 Å². The quantitative estimate of drug-likeness (QED) is 0.253. The van der Waals surface area contributed by atoms with Crippen molar-refractivity contribution in [1.82, 2.24) is 15.3 Å². The summed E-state index contributed by atoms with van der Waals surface area (Å²) in [4.78, 5) is 21.6. The number of nitrogens with zero attached hydrogens (tertiary/aromatic N) is 2. The number of carbonyl (C=O) groups is 1. The normalized spacial score (nSPS) is 15.6. The highest BCUT2D eigenvalue weighted by molar-refractivity contribution is 6.30. The highest BCUT2D eigenvalue weighted by Gasteiger charge is 2.57. The van der Waals surface area contributed by atoms with Gasteiger partial charge < -0.3 is 19.9 Å². The van der Waals surface area contributed by atoms with Crippen molar-refractivity contribution in [2.45, 2.75) is 38.0 Å². The number of rotatable bonds is 6. The summed E-state index contributed by atoms with van der Waals surface area (Å²) < 4.78 is 69.3. The average molecular weight is 604 g/mol. The molecule has 0 bridgehead atoms. The van der Waals surface area contributed by atoms with E-state index in [1.807, 2.05) is 0 Å². The molecule has 0 saturated carbocycles. The zero-order valence-corrected chi connectivity index (χ0v) is 23.7. The van der Waals surface area contributed by atoms with Crippen molar-refractivity contribution in [2.24, 2.45) is 0 Å². The number of carbonyl (C=O) groups excluding carboxylic acids is 1. The predicted octanol–water partition coefficient (Wildman–Crippen LogP) is 6.26. The van der Waals surface area contributed by atoms with Crippen LogP contribution in [0, 0.1) is 12.7 Å². The second-order valence-electron chi connectivity index (χ2n) is 10.8. The molecule has 3 heterocycles. The highest BCUT2D eigenvalue weighted by atomic mass is 35.5. The van der Waals surface area contributed by atoms with Crippen LogP contribution < -0.4 is 14.8 Å². The van der Waals surface area contributed by atoms with E-state index in [-0.39, 0.29) is 39.9 Å². The van der Waals surface area contributed by atoms with Gasteiger partial charge in [-0.1, -0.05) is 31.5 Å². The first-order chi connectivity index (χ1) is 19.6. The van der Waals surface area contributed by atoms with Gasteiger partial charge in [-0.3, -0.25) is 9.78 Å². The smallest absolute Gasteiger partial charge is 0.424 e. The number of nitrogens with one attached hydrogen (secondary N) is 1. The van der Waals surface area contributed by atoms with Crippen LogP contribution in [0.25, 0.3) is 22.2 Å². The van der Waals surface area contributed by atoms with Crippen molar-refractivity contribution in [1.29, 1.82) is 0 Å². The summed E-state index contributed by atoms with van der Waals surface area (Å²) in [6.07, 6.45) is -3.65. The van der Waals surface area contributed by atoms with Crippen LogP contribution in [0.2, 0.25) is 5.02 Å². The van der Waals surface area contributed by atoms with Gasteiger partial charge >= 0.3 is 6.18 Å². The molecule has 1 aliphatic heterocycles. The lowest BCUT2D eigenvalue weighted by atomic mass is 9.84. The number of aromatic nitrogens is 2. The zero-order chi connectivity index (χ0) is 30.6. The van der Waals surface area contributed by atoms with Crippen molar-refractivity contribution in [2.75, 3.05) is 20.3 Å². The van der Waals surface area contributed by atoms with Crippen molar-refractivity contribution in [3.05, 3.63) is 81.9 Å². The Morgan fingerprint density at radius 2 is 1.93 bits per heavy atom. The van der Waals surface area contributed by atoms with E-state index >= 15 is 0 Å². The summed E-state index contributed by atoms with van der Waals surface area (Å²) in [7, 11) is 1.38. The van der Waals surface area contributed by atoms with Gasteiger partial charge in [-0.05, 0) is 48.9 Å². The molecule has 0 unspecified atom stereocenters. The van der Waals surface area contributed by atoms with Crippen LogP contribution in [0.3, 0.4) is 0 Å². The minimum Gasteiger partial charge on any atom is -0.494 e. The Morgan fingerprint density at radius 3 is 2.60 bits per heavy atom. The summed E-state index contributed by atoms with van der Waals surface area (Å²) in [5.41, 5.74) is -3.52. The predicted molar refractivity (Wildman–Crippen MR) is 148 cm³/mol. The third-order valence-corrected chi connectivity index (χ3v) is 7.54. The van der Waals surface area contributed by atoms with Gasteiger partial charge in [0.2, 0.25) is 5.60 Å². The number of ether oxygens (including phenoxy) is 2. The molecule has 0 aliphatic carbocycles. The van der Waals surface area contributed by atoms with Gasteiger partial charge in [0.25, 0.3) is 5.91 Å². The van der Waals surface area contributed by atoms with E-state index in [0.29, 0.717) is 16.5 Å². The number of methoxy groups -OCH3 is 1. The topological polar surface area (TPSA) is 93.6 Å². The maximum Gasteiger partial charge on any atom is 0.424 e. The van der Waals surface area contributed by atoms with Gasteiger partial charge in [0.05, 0.1) is 31.0 Å². The van der Waals surface area contributed by atoms with Crippen LogP contribution in [0.4, 0.5) is 17.6 Å². The molecule has 2 aromatic carbocycles. The SMILES string of the molecule is COc1cc(C(=O)NC[C@](O)(c2cc3c(c(-c4ccc(Cl)c(F)c4)n2)OCC3(C)C)C(F)(F)F)cc2cc(C)cnc12. The van der Waals surface area contributed by atoms with Crippen LogP contribution in [0.5, 0.6) is 11.5 Å². The molecular weight excluding hydrogens is 578 g/mol. The van der Waals surface area contributed by atoms with Gasteiger partial charge in [0.1, 0.15) is 28.5 Å². The Hall–Kier alpha value is -3.96. The number of pyridine rings is 2. The summed E-state index contributed by atoms with van der Waals surface area (Å²) in [6, 6.07) is 9.37. The van der Waals surface area contributed by atoms with Gasteiger partial charge in [-0.15, -0.1) is 0 Å². The van der Waals surface area contributed by atoms with Gasteiger partial charge in [-0.25, -0.2) is 9.37 Å². The molecule has 5 rings (SSSR count). The molecule has 4 aromatic rings. The summed E-state index contributed by atoms with van der Waals surface area (Å²) >= 11 is 5.81. The fourth-order valence-corrected chi connectivity index (χ4v) is 4.94. The number of aliphatic hydroxyl groups is 1. The monoisotopic (exact) mass is 603 g/mol. The Kier molecular flexibility index (Phi) is 7.31. The number of benzene rings is 2. The third kappa shape index (κ3) is 5.11.